The van der Waals surface area contributed by atoms with Crippen LogP contribution in [0.3, 0.4) is 0 Å². The minimum Gasteiger partial charge on any atom is -0.341 e. The van der Waals surface area contributed by atoms with Crippen LogP contribution in [0.2, 0.25) is 0 Å². The second-order valence-electron chi connectivity index (χ2n) is 6.26. The molecule has 0 unspecified atom stereocenters. The molecule has 1 heterocycles. The summed E-state index contributed by atoms with van der Waals surface area (Å²) in [6.07, 6.45) is 1.35. The van der Waals surface area contributed by atoms with Crippen LogP contribution < -0.4 is 5.73 Å². The van der Waals surface area contributed by atoms with Gasteiger partial charge < -0.3 is 10.6 Å². The van der Waals surface area contributed by atoms with Crippen molar-refractivity contribution in [1.82, 2.24) is 4.90 Å². The maximum Gasteiger partial charge on any atom is 0.223 e. The average Bonchev–Trinajstić information content (AvgIpc) is 3.07. The number of Topliss-reactive ketones (excluding diaryl/α,β-unsaturated/α-hetero) is 1. The van der Waals surface area contributed by atoms with Crippen molar-refractivity contribution in [3.8, 4) is 11.1 Å². The van der Waals surface area contributed by atoms with Crippen molar-refractivity contribution in [2.75, 3.05) is 13.1 Å². The number of likely N-dealkylation sites (tertiary alicyclic amines) is 1. The first-order chi connectivity index (χ1) is 11.6. The van der Waals surface area contributed by atoms with Crippen molar-refractivity contribution in [3.05, 3.63) is 60.2 Å². The minimum absolute atomic E-state index is 0.00598. The summed E-state index contributed by atoms with van der Waals surface area (Å²) in [6.45, 7) is 1.32. The van der Waals surface area contributed by atoms with E-state index in [9.17, 15) is 9.59 Å². The third-order valence-corrected chi connectivity index (χ3v) is 4.46. The van der Waals surface area contributed by atoms with Crippen LogP contribution in [0.1, 0.15) is 29.6 Å². The predicted molar refractivity (Wildman–Crippen MR) is 94.6 cm³/mol. The van der Waals surface area contributed by atoms with Gasteiger partial charge in [-0.15, -0.1) is 0 Å². The zero-order valence-electron chi connectivity index (χ0n) is 13.7. The molecular formula is C20H22N2O2. The predicted octanol–water partition coefficient (Wildman–Crippen LogP) is 2.88. The Balaban J connectivity index is 1.56. The van der Waals surface area contributed by atoms with E-state index in [-0.39, 0.29) is 30.6 Å². The van der Waals surface area contributed by atoms with Gasteiger partial charge in [0, 0.05) is 37.5 Å². The van der Waals surface area contributed by atoms with Gasteiger partial charge in [-0.25, -0.2) is 0 Å². The van der Waals surface area contributed by atoms with Gasteiger partial charge in [0.2, 0.25) is 5.91 Å². The molecule has 24 heavy (non-hydrogen) atoms. The molecular weight excluding hydrogens is 300 g/mol. The zero-order chi connectivity index (χ0) is 16.9. The highest BCUT2D eigenvalue weighted by Crippen LogP contribution is 2.20. The highest BCUT2D eigenvalue weighted by Gasteiger charge is 2.23. The number of carbonyl (C=O) groups excluding carboxylic acids is 2. The molecule has 2 aromatic carbocycles. The van der Waals surface area contributed by atoms with E-state index in [4.69, 9.17) is 5.73 Å². The van der Waals surface area contributed by atoms with E-state index in [2.05, 4.69) is 0 Å². The highest BCUT2D eigenvalue weighted by molar-refractivity contribution is 5.98. The molecule has 1 aliphatic heterocycles. The smallest absolute Gasteiger partial charge is 0.223 e. The van der Waals surface area contributed by atoms with Crippen LogP contribution >= 0.6 is 0 Å². The number of benzene rings is 2. The minimum atomic E-state index is 0.00598. The number of carbonyl (C=O) groups is 2. The molecule has 2 aromatic rings. The van der Waals surface area contributed by atoms with Crippen LogP contribution in [0.4, 0.5) is 0 Å². The van der Waals surface area contributed by atoms with Crippen LogP contribution in [0.25, 0.3) is 11.1 Å². The molecule has 1 atom stereocenters. The summed E-state index contributed by atoms with van der Waals surface area (Å²) in [6, 6.07) is 17.7. The summed E-state index contributed by atoms with van der Waals surface area (Å²) in [4.78, 5) is 26.1. The highest BCUT2D eigenvalue weighted by atomic mass is 16.2. The van der Waals surface area contributed by atoms with Gasteiger partial charge in [-0.1, -0.05) is 54.6 Å². The lowest BCUT2D eigenvalue weighted by Gasteiger charge is -2.15. The molecule has 124 valence electrons. The number of nitrogens with zero attached hydrogens (tertiary/aromatic N) is 1. The van der Waals surface area contributed by atoms with E-state index < -0.39 is 0 Å². The molecule has 1 aliphatic rings. The van der Waals surface area contributed by atoms with Gasteiger partial charge in [0.1, 0.15) is 0 Å². The maximum atomic E-state index is 12.3. The summed E-state index contributed by atoms with van der Waals surface area (Å²) in [5.74, 6) is 0.0312. The Kier molecular flexibility index (Phi) is 5.06. The van der Waals surface area contributed by atoms with E-state index in [0.29, 0.717) is 18.7 Å². The molecule has 0 radical (unpaired) electrons. The molecule has 1 saturated heterocycles. The Hall–Kier alpha value is -2.46. The third-order valence-electron chi connectivity index (χ3n) is 4.46. The lowest BCUT2D eigenvalue weighted by molar-refractivity contribution is -0.130. The topological polar surface area (TPSA) is 63.4 Å². The number of ketones is 1. The first kappa shape index (κ1) is 16.4. The Morgan fingerprint density at radius 3 is 2.25 bits per heavy atom. The van der Waals surface area contributed by atoms with Crippen molar-refractivity contribution in [2.24, 2.45) is 5.73 Å². The standard InChI is InChI=1S/C20H22N2O2/c21-18-12-13-22(14-18)20(24)11-10-19(23)17-8-6-16(7-9-17)15-4-2-1-3-5-15/h1-9,18H,10-14,21H2/t18-/m1/s1. The van der Waals surface area contributed by atoms with Gasteiger partial charge in [0.15, 0.2) is 5.78 Å². The van der Waals surface area contributed by atoms with Gasteiger partial charge in [-0.3, -0.25) is 9.59 Å². The number of amides is 1. The van der Waals surface area contributed by atoms with Crippen LogP contribution in [-0.4, -0.2) is 35.7 Å². The van der Waals surface area contributed by atoms with Gasteiger partial charge in [0.05, 0.1) is 0 Å². The summed E-state index contributed by atoms with van der Waals surface area (Å²) < 4.78 is 0. The van der Waals surface area contributed by atoms with Crippen molar-refractivity contribution in [1.29, 1.82) is 0 Å². The maximum absolute atomic E-state index is 12.3. The fraction of sp³-hybridized carbons (Fsp3) is 0.300. The van der Waals surface area contributed by atoms with Gasteiger partial charge >= 0.3 is 0 Å². The van der Waals surface area contributed by atoms with Crippen molar-refractivity contribution in [2.45, 2.75) is 25.3 Å². The molecule has 3 rings (SSSR count). The number of nitrogens with two attached hydrogens (primary N) is 1. The number of hydrogen-bond acceptors (Lipinski definition) is 3. The molecule has 1 amide bonds. The molecule has 0 saturated carbocycles. The Bertz CT molecular complexity index is 710. The largest absolute Gasteiger partial charge is 0.341 e. The summed E-state index contributed by atoms with van der Waals surface area (Å²) in [7, 11) is 0. The second kappa shape index (κ2) is 7.41. The third kappa shape index (κ3) is 3.89. The lowest BCUT2D eigenvalue weighted by atomic mass is 10.0. The van der Waals surface area contributed by atoms with E-state index in [1.165, 1.54) is 0 Å². The van der Waals surface area contributed by atoms with Crippen LogP contribution in [0.5, 0.6) is 0 Å². The molecule has 0 bridgehead atoms. The monoisotopic (exact) mass is 322 g/mol. The van der Waals surface area contributed by atoms with E-state index >= 15 is 0 Å². The van der Waals surface area contributed by atoms with E-state index in [1.807, 2.05) is 54.6 Å². The normalized spacial score (nSPS) is 17.0. The molecule has 4 nitrogen and oxygen atoms in total. The van der Waals surface area contributed by atoms with E-state index in [0.717, 1.165) is 17.5 Å². The molecule has 0 aromatic heterocycles. The van der Waals surface area contributed by atoms with Crippen LogP contribution in [0.15, 0.2) is 54.6 Å². The fourth-order valence-corrected chi connectivity index (χ4v) is 3.02. The molecule has 4 heteroatoms. The first-order valence-corrected chi connectivity index (χ1v) is 8.35. The fourth-order valence-electron chi connectivity index (χ4n) is 3.02. The summed E-state index contributed by atoms with van der Waals surface area (Å²) in [5, 5.41) is 0. The second-order valence-corrected chi connectivity index (χ2v) is 6.26. The van der Waals surface area contributed by atoms with Crippen LogP contribution in [0, 0.1) is 0 Å². The Labute approximate surface area is 142 Å². The quantitative estimate of drug-likeness (QED) is 0.861. The molecule has 2 N–H and O–H groups in total. The van der Waals surface area contributed by atoms with Gasteiger partial charge in [-0.05, 0) is 17.5 Å². The molecule has 0 aliphatic carbocycles. The van der Waals surface area contributed by atoms with Gasteiger partial charge in [0.25, 0.3) is 0 Å². The lowest BCUT2D eigenvalue weighted by Crippen LogP contribution is -2.32. The average molecular weight is 322 g/mol. The van der Waals surface area contributed by atoms with Crippen molar-refractivity contribution >= 4 is 11.7 Å². The summed E-state index contributed by atoms with van der Waals surface area (Å²) >= 11 is 0. The number of rotatable bonds is 5. The summed E-state index contributed by atoms with van der Waals surface area (Å²) in [5.41, 5.74) is 8.66. The zero-order valence-corrected chi connectivity index (χ0v) is 13.7. The molecule has 0 spiro atoms. The first-order valence-electron chi connectivity index (χ1n) is 8.35. The Morgan fingerprint density at radius 1 is 0.958 bits per heavy atom. The van der Waals surface area contributed by atoms with Crippen molar-refractivity contribution < 1.29 is 9.59 Å². The van der Waals surface area contributed by atoms with Gasteiger partial charge in [-0.2, -0.15) is 0 Å². The SMILES string of the molecule is N[C@@H]1CCN(C(=O)CCC(=O)c2ccc(-c3ccccc3)cc2)C1. The van der Waals surface area contributed by atoms with Crippen molar-refractivity contribution in [3.63, 3.8) is 0 Å². The van der Waals surface area contributed by atoms with E-state index in [1.54, 1.807) is 4.90 Å². The molecule has 1 fully saturated rings. The Morgan fingerprint density at radius 2 is 1.62 bits per heavy atom. The number of hydrogen-bond donors (Lipinski definition) is 1. The van der Waals surface area contributed by atoms with Crippen LogP contribution in [-0.2, 0) is 4.79 Å².